The van der Waals surface area contributed by atoms with Gasteiger partial charge in [-0.2, -0.15) is 0 Å². The Bertz CT molecular complexity index is 417. The van der Waals surface area contributed by atoms with E-state index in [1.165, 1.54) is 0 Å². The van der Waals surface area contributed by atoms with Crippen molar-refractivity contribution in [1.82, 2.24) is 9.55 Å². The van der Waals surface area contributed by atoms with E-state index in [4.69, 9.17) is 0 Å². The van der Waals surface area contributed by atoms with Crippen molar-refractivity contribution in [2.24, 2.45) is 0 Å². The summed E-state index contributed by atoms with van der Waals surface area (Å²) in [4.78, 5) is 4.25. The maximum atomic E-state index is 4.25. The van der Waals surface area contributed by atoms with Crippen LogP contribution in [0.4, 0.5) is 0 Å². The molecule has 0 bridgehead atoms. The van der Waals surface area contributed by atoms with Gasteiger partial charge in [-0.25, -0.2) is 9.13 Å². The number of rotatable bonds is 3. The molecule has 2 aromatic heterocycles. The Labute approximate surface area is 83.0 Å². The molecule has 0 aromatic carbocycles. The zero-order valence-corrected chi connectivity index (χ0v) is 7.87. The highest BCUT2D eigenvalue weighted by atomic mass is 15.1. The summed E-state index contributed by atoms with van der Waals surface area (Å²) in [5, 5.41) is 0. The number of nitrogens with zero attached hydrogens (tertiary/aromatic N) is 3. The second kappa shape index (κ2) is 3.87. The lowest BCUT2D eigenvalue weighted by molar-refractivity contribution is -0.688. The Balaban J connectivity index is 2.15. The normalized spacial score (nSPS) is 10.0. The number of pyridine rings is 1. The average molecular weight is 186 g/mol. The average Bonchev–Trinajstić information content (AvgIpc) is 2.67. The van der Waals surface area contributed by atoms with Gasteiger partial charge >= 0.3 is 0 Å². The van der Waals surface area contributed by atoms with Crippen LogP contribution in [-0.2, 0) is 6.54 Å². The fourth-order valence-electron chi connectivity index (χ4n) is 1.29. The van der Waals surface area contributed by atoms with Crippen LogP contribution in [0.25, 0.3) is 6.20 Å². The molecule has 0 aliphatic rings. The van der Waals surface area contributed by atoms with E-state index >= 15 is 0 Å². The van der Waals surface area contributed by atoms with Crippen molar-refractivity contribution in [2.45, 2.75) is 6.54 Å². The maximum absolute atomic E-state index is 4.25. The van der Waals surface area contributed by atoms with E-state index in [1.54, 1.807) is 12.4 Å². The zero-order valence-electron chi connectivity index (χ0n) is 7.87. The number of hydrogen-bond acceptors (Lipinski definition) is 1. The molecule has 0 spiro atoms. The third-order valence-corrected chi connectivity index (χ3v) is 1.99. The van der Waals surface area contributed by atoms with Gasteiger partial charge in [0, 0.05) is 6.20 Å². The summed E-state index contributed by atoms with van der Waals surface area (Å²) in [5.41, 5.74) is 1.05. The minimum absolute atomic E-state index is 0.793. The van der Waals surface area contributed by atoms with Crippen molar-refractivity contribution in [3.05, 3.63) is 55.4 Å². The molecule has 0 radical (unpaired) electrons. The molecule has 2 rings (SSSR count). The van der Waals surface area contributed by atoms with E-state index in [2.05, 4.69) is 16.1 Å². The van der Waals surface area contributed by atoms with E-state index in [0.29, 0.717) is 0 Å². The first-order valence-corrected chi connectivity index (χ1v) is 4.47. The van der Waals surface area contributed by atoms with Gasteiger partial charge in [0.15, 0.2) is 0 Å². The Kier molecular flexibility index (Phi) is 2.40. The predicted molar refractivity (Wildman–Crippen MR) is 54.4 cm³/mol. The molecule has 0 saturated carbocycles. The van der Waals surface area contributed by atoms with Gasteiger partial charge in [0.05, 0.1) is 11.9 Å². The summed E-state index contributed by atoms with van der Waals surface area (Å²) in [6.45, 7) is 4.48. The van der Waals surface area contributed by atoms with Crippen LogP contribution in [0.15, 0.2) is 49.7 Å². The lowest BCUT2D eigenvalue weighted by atomic mass is 10.3. The third kappa shape index (κ3) is 1.88. The summed E-state index contributed by atoms with van der Waals surface area (Å²) in [7, 11) is 0. The monoisotopic (exact) mass is 186 g/mol. The molecular weight excluding hydrogens is 174 g/mol. The molecular formula is C11H12N3+. The highest BCUT2D eigenvalue weighted by Gasteiger charge is 2.02. The van der Waals surface area contributed by atoms with Crippen molar-refractivity contribution in [3.8, 4) is 0 Å². The Morgan fingerprint density at radius 3 is 3.07 bits per heavy atom. The quantitative estimate of drug-likeness (QED) is 0.662. The molecule has 0 saturated heterocycles. The summed E-state index contributed by atoms with van der Waals surface area (Å²) in [6.07, 6.45) is 9.49. The Hall–Kier alpha value is -1.90. The Morgan fingerprint density at radius 2 is 2.43 bits per heavy atom. The lowest BCUT2D eigenvalue weighted by Gasteiger charge is -1.94. The maximum Gasteiger partial charge on any atom is 0.248 e. The van der Waals surface area contributed by atoms with E-state index in [-0.39, 0.29) is 0 Å². The molecule has 0 fully saturated rings. The number of aromatic nitrogens is 3. The third-order valence-electron chi connectivity index (χ3n) is 1.99. The van der Waals surface area contributed by atoms with Crippen molar-refractivity contribution in [2.75, 3.05) is 0 Å². The molecule has 0 aliphatic carbocycles. The minimum Gasteiger partial charge on any atom is -0.257 e. The molecule has 14 heavy (non-hydrogen) atoms. The van der Waals surface area contributed by atoms with E-state index in [9.17, 15) is 0 Å². The molecule has 3 heteroatoms. The van der Waals surface area contributed by atoms with Crippen molar-refractivity contribution < 1.29 is 4.57 Å². The molecule has 0 aliphatic heterocycles. The van der Waals surface area contributed by atoms with E-state index in [1.807, 2.05) is 41.5 Å². The van der Waals surface area contributed by atoms with Crippen LogP contribution in [0.3, 0.4) is 0 Å². The zero-order chi connectivity index (χ0) is 9.80. The van der Waals surface area contributed by atoms with Crippen LogP contribution in [0.2, 0.25) is 0 Å². The molecule has 2 heterocycles. The highest BCUT2D eigenvalue weighted by molar-refractivity contribution is 5.13. The van der Waals surface area contributed by atoms with Gasteiger partial charge in [0.2, 0.25) is 6.33 Å². The summed E-state index contributed by atoms with van der Waals surface area (Å²) in [6, 6.07) is 5.93. The van der Waals surface area contributed by atoms with E-state index in [0.717, 1.165) is 12.2 Å². The summed E-state index contributed by atoms with van der Waals surface area (Å²) in [5.74, 6) is 0. The largest absolute Gasteiger partial charge is 0.257 e. The van der Waals surface area contributed by atoms with Crippen LogP contribution in [0, 0.1) is 0 Å². The first-order valence-electron chi connectivity index (χ1n) is 4.47. The number of hydrogen-bond donors (Lipinski definition) is 0. The van der Waals surface area contributed by atoms with Gasteiger partial charge in [-0.15, -0.1) is 0 Å². The predicted octanol–water partition coefficient (Wildman–Crippen LogP) is 1.32. The minimum atomic E-state index is 0.793. The molecule has 3 nitrogen and oxygen atoms in total. The van der Waals surface area contributed by atoms with Gasteiger partial charge in [-0.1, -0.05) is 12.6 Å². The standard InChI is InChI=1S/C11H12N3/c1-2-13-7-8-14(10-13)9-11-5-3-4-6-12-11/h2-8,10H,1,9H2/q+1. The fourth-order valence-corrected chi connectivity index (χ4v) is 1.29. The number of imidazole rings is 1. The summed E-state index contributed by atoms with van der Waals surface area (Å²) >= 11 is 0. The van der Waals surface area contributed by atoms with Gasteiger partial charge in [0.25, 0.3) is 0 Å². The molecule has 70 valence electrons. The van der Waals surface area contributed by atoms with Crippen LogP contribution in [0.1, 0.15) is 5.69 Å². The van der Waals surface area contributed by atoms with Crippen molar-refractivity contribution in [1.29, 1.82) is 0 Å². The summed E-state index contributed by atoms with van der Waals surface area (Å²) < 4.78 is 3.97. The van der Waals surface area contributed by atoms with Crippen LogP contribution in [0.5, 0.6) is 0 Å². The van der Waals surface area contributed by atoms with Crippen LogP contribution in [-0.4, -0.2) is 9.55 Å². The fraction of sp³-hybridized carbons (Fsp3) is 0.0909. The van der Waals surface area contributed by atoms with Crippen molar-refractivity contribution >= 4 is 6.20 Å². The van der Waals surface area contributed by atoms with Crippen molar-refractivity contribution in [3.63, 3.8) is 0 Å². The Morgan fingerprint density at radius 1 is 1.50 bits per heavy atom. The second-order valence-electron chi connectivity index (χ2n) is 3.04. The van der Waals surface area contributed by atoms with Gasteiger partial charge in [0.1, 0.15) is 18.9 Å². The molecule has 2 aromatic rings. The van der Waals surface area contributed by atoms with Gasteiger partial charge < -0.3 is 0 Å². The SMILES string of the molecule is C=Cn1cc[n+](Cc2ccccn2)c1. The van der Waals surface area contributed by atoms with Crippen LogP contribution < -0.4 is 4.57 Å². The molecule has 0 N–H and O–H groups in total. The van der Waals surface area contributed by atoms with Crippen LogP contribution >= 0.6 is 0 Å². The van der Waals surface area contributed by atoms with E-state index < -0.39 is 0 Å². The topological polar surface area (TPSA) is 21.7 Å². The highest BCUT2D eigenvalue weighted by Crippen LogP contribution is 1.92. The molecule has 0 amide bonds. The lowest BCUT2D eigenvalue weighted by Crippen LogP contribution is -2.31. The first kappa shape index (κ1) is 8.69. The molecule has 0 unspecified atom stereocenters. The first-order chi connectivity index (χ1) is 6.88. The van der Waals surface area contributed by atoms with Gasteiger partial charge in [-0.05, 0) is 12.1 Å². The smallest absolute Gasteiger partial charge is 0.248 e. The molecule has 0 atom stereocenters. The second-order valence-corrected chi connectivity index (χ2v) is 3.04. The van der Waals surface area contributed by atoms with Gasteiger partial charge in [-0.3, -0.25) is 4.98 Å².